The molecule has 0 radical (unpaired) electrons. The first-order chi connectivity index (χ1) is 13.7. The zero-order chi connectivity index (χ0) is 19.5. The first kappa shape index (κ1) is 19.7. The quantitative estimate of drug-likeness (QED) is 0.808. The molecular weight excluding hydrogens is 350 g/mol. The van der Waals surface area contributed by atoms with Crippen LogP contribution in [0.15, 0.2) is 23.0 Å². The van der Waals surface area contributed by atoms with E-state index in [1.165, 1.54) is 31.2 Å². The van der Waals surface area contributed by atoms with E-state index in [0.717, 1.165) is 56.4 Å². The number of aryl methyl sites for hydroxylation is 1. The molecule has 1 aliphatic carbocycles. The fraction of sp³-hybridized carbons (Fsp3) is 0.696. The highest BCUT2D eigenvalue weighted by Gasteiger charge is 2.30. The highest BCUT2D eigenvalue weighted by atomic mass is 16.5. The number of nitrogens with one attached hydrogen (secondary N) is 1. The number of aromatic nitrogens is 2. The Morgan fingerprint density at radius 2 is 1.79 bits per heavy atom. The van der Waals surface area contributed by atoms with Gasteiger partial charge >= 0.3 is 5.69 Å². The van der Waals surface area contributed by atoms with Crippen molar-refractivity contribution in [1.82, 2.24) is 14.5 Å². The third-order valence-corrected chi connectivity index (χ3v) is 6.77. The molecule has 5 nitrogen and oxygen atoms in total. The summed E-state index contributed by atoms with van der Waals surface area (Å²) >= 11 is 0. The van der Waals surface area contributed by atoms with Crippen LogP contribution in [0.4, 0.5) is 0 Å². The first-order valence-corrected chi connectivity index (χ1v) is 11.3. The molecule has 2 heterocycles. The lowest BCUT2D eigenvalue weighted by atomic mass is 9.90. The monoisotopic (exact) mass is 385 g/mol. The van der Waals surface area contributed by atoms with Crippen LogP contribution < -0.4 is 5.69 Å². The predicted octanol–water partition coefficient (Wildman–Crippen LogP) is 4.27. The number of hydrogen-bond donors (Lipinski definition) is 1. The summed E-state index contributed by atoms with van der Waals surface area (Å²) in [6, 6.07) is 7.38. The number of H-pyrrole nitrogens is 1. The number of aromatic amines is 1. The van der Waals surface area contributed by atoms with Crippen LogP contribution in [0.2, 0.25) is 0 Å². The van der Waals surface area contributed by atoms with Crippen molar-refractivity contribution >= 4 is 11.0 Å². The SMILES string of the molecule is CCCOC1CCC(N2CCC(n3c(=O)[nH]c4ccc(CC)cc43)CC2)CC1. The third kappa shape index (κ3) is 4.06. The summed E-state index contributed by atoms with van der Waals surface area (Å²) in [5, 5.41) is 0. The zero-order valence-electron chi connectivity index (χ0n) is 17.5. The number of imidazole rings is 1. The molecule has 2 aliphatic rings. The van der Waals surface area contributed by atoms with Gasteiger partial charge in [-0.25, -0.2) is 4.79 Å². The maximum Gasteiger partial charge on any atom is 0.326 e. The largest absolute Gasteiger partial charge is 0.378 e. The Labute approximate surface area is 168 Å². The van der Waals surface area contributed by atoms with E-state index in [0.29, 0.717) is 18.2 Å². The second-order valence-corrected chi connectivity index (χ2v) is 8.57. The van der Waals surface area contributed by atoms with Crippen LogP contribution in [0.5, 0.6) is 0 Å². The van der Waals surface area contributed by atoms with Crippen LogP contribution in [0.1, 0.15) is 70.4 Å². The molecule has 5 heteroatoms. The number of ether oxygens (including phenoxy) is 1. The molecule has 1 aliphatic heterocycles. The number of likely N-dealkylation sites (tertiary alicyclic amines) is 1. The zero-order valence-corrected chi connectivity index (χ0v) is 17.5. The third-order valence-electron chi connectivity index (χ3n) is 6.77. The summed E-state index contributed by atoms with van der Waals surface area (Å²) in [6.45, 7) is 7.44. The Morgan fingerprint density at radius 3 is 2.46 bits per heavy atom. The van der Waals surface area contributed by atoms with Crippen LogP contribution in [0.25, 0.3) is 11.0 Å². The first-order valence-electron chi connectivity index (χ1n) is 11.3. The second kappa shape index (κ2) is 8.83. The topological polar surface area (TPSA) is 50.3 Å². The lowest BCUT2D eigenvalue weighted by molar-refractivity contribution is 0.00254. The molecule has 0 bridgehead atoms. The maximum atomic E-state index is 12.6. The molecule has 2 aromatic rings. The van der Waals surface area contributed by atoms with Crippen LogP contribution in [0, 0.1) is 0 Å². The van der Waals surface area contributed by atoms with Crippen LogP contribution in [-0.4, -0.2) is 46.3 Å². The van der Waals surface area contributed by atoms with E-state index in [1.54, 1.807) is 0 Å². The average Bonchev–Trinajstić information content (AvgIpc) is 3.07. The van der Waals surface area contributed by atoms with Crippen LogP contribution >= 0.6 is 0 Å². The molecule has 0 unspecified atom stereocenters. The predicted molar refractivity (Wildman–Crippen MR) is 114 cm³/mol. The molecule has 2 fully saturated rings. The molecule has 28 heavy (non-hydrogen) atoms. The van der Waals surface area contributed by atoms with Gasteiger partial charge in [-0.3, -0.25) is 4.57 Å². The van der Waals surface area contributed by atoms with Gasteiger partial charge in [-0.15, -0.1) is 0 Å². The molecule has 1 N–H and O–H groups in total. The maximum absolute atomic E-state index is 12.6. The molecule has 1 aromatic heterocycles. The standard InChI is InChI=1S/C23H35N3O2/c1-3-15-28-20-8-6-18(7-9-20)25-13-11-19(12-14-25)26-22-16-17(4-2)5-10-21(22)24-23(26)27/h5,10,16,18-20H,3-4,6-9,11-15H2,1-2H3,(H,24,27). The van der Waals surface area contributed by atoms with E-state index >= 15 is 0 Å². The van der Waals surface area contributed by atoms with E-state index in [4.69, 9.17) is 4.74 Å². The Kier molecular flexibility index (Phi) is 6.22. The number of hydrogen-bond acceptors (Lipinski definition) is 3. The van der Waals surface area contributed by atoms with Gasteiger partial charge in [0.15, 0.2) is 0 Å². The van der Waals surface area contributed by atoms with Gasteiger partial charge in [0, 0.05) is 31.8 Å². The summed E-state index contributed by atoms with van der Waals surface area (Å²) < 4.78 is 7.98. The van der Waals surface area contributed by atoms with E-state index < -0.39 is 0 Å². The van der Waals surface area contributed by atoms with Crippen molar-refractivity contribution in [2.75, 3.05) is 19.7 Å². The Hall–Kier alpha value is -1.59. The smallest absolute Gasteiger partial charge is 0.326 e. The van der Waals surface area contributed by atoms with Gasteiger partial charge in [-0.1, -0.05) is 19.9 Å². The van der Waals surface area contributed by atoms with Crippen molar-refractivity contribution in [1.29, 1.82) is 0 Å². The van der Waals surface area contributed by atoms with E-state index in [-0.39, 0.29) is 5.69 Å². The molecule has 154 valence electrons. The summed E-state index contributed by atoms with van der Waals surface area (Å²) in [4.78, 5) is 18.3. The number of piperidine rings is 1. The average molecular weight is 386 g/mol. The molecular formula is C23H35N3O2. The molecule has 1 saturated carbocycles. The Morgan fingerprint density at radius 1 is 1.04 bits per heavy atom. The van der Waals surface area contributed by atoms with Gasteiger partial charge in [0.25, 0.3) is 0 Å². The fourth-order valence-corrected chi connectivity index (χ4v) is 5.12. The minimum atomic E-state index is 0.0512. The minimum absolute atomic E-state index is 0.0512. The van der Waals surface area contributed by atoms with Gasteiger partial charge in [0.2, 0.25) is 0 Å². The van der Waals surface area contributed by atoms with Gasteiger partial charge in [-0.2, -0.15) is 0 Å². The summed E-state index contributed by atoms with van der Waals surface area (Å²) in [5.74, 6) is 0. The summed E-state index contributed by atoms with van der Waals surface area (Å²) in [6.07, 6.45) is 9.63. The van der Waals surface area contributed by atoms with Crippen molar-refractivity contribution in [3.05, 3.63) is 34.2 Å². The van der Waals surface area contributed by atoms with Gasteiger partial charge in [0.1, 0.15) is 0 Å². The molecule has 0 atom stereocenters. The van der Waals surface area contributed by atoms with Crippen molar-refractivity contribution in [3.63, 3.8) is 0 Å². The van der Waals surface area contributed by atoms with Crippen LogP contribution in [-0.2, 0) is 11.2 Å². The van der Waals surface area contributed by atoms with Gasteiger partial charge < -0.3 is 14.6 Å². The minimum Gasteiger partial charge on any atom is -0.378 e. The lowest BCUT2D eigenvalue weighted by Gasteiger charge is -2.41. The Balaban J connectivity index is 1.38. The van der Waals surface area contributed by atoms with E-state index in [9.17, 15) is 4.79 Å². The van der Waals surface area contributed by atoms with Crippen LogP contribution in [0.3, 0.4) is 0 Å². The summed E-state index contributed by atoms with van der Waals surface area (Å²) in [7, 11) is 0. The lowest BCUT2D eigenvalue weighted by Crippen LogP contribution is -2.45. The normalized spacial score (nSPS) is 24.8. The van der Waals surface area contributed by atoms with Crippen molar-refractivity contribution in [3.8, 4) is 0 Å². The number of nitrogens with zero attached hydrogens (tertiary/aromatic N) is 2. The van der Waals surface area contributed by atoms with Crippen molar-refractivity contribution < 1.29 is 4.74 Å². The molecule has 1 aromatic carbocycles. The Bertz CT molecular complexity index is 824. The number of rotatable bonds is 6. The second-order valence-electron chi connectivity index (χ2n) is 8.57. The highest BCUT2D eigenvalue weighted by molar-refractivity contribution is 5.76. The number of fused-ring (bicyclic) bond motifs is 1. The van der Waals surface area contributed by atoms with E-state index in [1.807, 2.05) is 4.57 Å². The van der Waals surface area contributed by atoms with Crippen molar-refractivity contribution in [2.45, 2.75) is 83.4 Å². The van der Waals surface area contributed by atoms with Crippen molar-refractivity contribution in [2.24, 2.45) is 0 Å². The molecule has 1 saturated heterocycles. The molecule has 0 amide bonds. The number of benzene rings is 1. The molecule has 0 spiro atoms. The summed E-state index contributed by atoms with van der Waals surface area (Å²) in [5.41, 5.74) is 3.39. The van der Waals surface area contributed by atoms with E-state index in [2.05, 4.69) is 41.9 Å². The fourth-order valence-electron chi connectivity index (χ4n) is 5.12. The van der Waals surface area contributed by atoms with Gasteiger partial charge in [0.05, 0.1) is 17.1 Å². The molecule has 4 rings (SSSR count). The highest BCUT2D eigenvalue weighted by Crippen LogP contribution is 2.31. The van der Waals surface area contributed by atoms with Gasteiger partial charge in [-0.05, 0) is 69.1 Å².